The number of pyridine rings is 1. The van der Waals surface area contributed by atoms with Gasteiger partial charge < -0.3 is 4.90 Å². The molecule has 13 heavy (non-hydrogen) atoms. The lowest BCUT2D eigenvalue weighted by Gasteiger charge is -2.14. The summed E-state index contributed by atoms with van der Waals surface area (Å²) in [5.41, 5.74) is 0.770. The molecule has 0 unspecified atom stereocenters. The van der Waals surface area contributed by atoms with Gasteiger partial charge in [-0.05, 0) is 12.5 Å². The monoisotopic (exact) mass is 195 g/mol. The van der Waals surface area contributed by atoms with E-state index in [1.165, 1.54) is 0 Å². The summed E-state index contributed by atoms with van der Waals surface area (Å²) in [6.07, 6.45) is 5.66. The molecule has 0 N–H and O–H groups in total. The second-order valence-electron chi connectivity index (χ2n) is 2.84. The molecule has 0 bridgehead atoms. The highest BCUT2D eigenvalue weighted by molar-refractivity contribution is 6.30. The van der Waals surface area contributed by atoms with Gasteiger partial charge in [-0.25, -0.2) is 0 Å². The molecule has 2 heterocycles. The predicted octanol–water partition coefficient (Wildman–Crippen LogP) is 1.68. The van der Waals surface area contributed by atoms with Crippen LogP contribution in [0.5, 0.6) is 0 Å². The van der Waals surface area contributed by atoms with Crippen molar-refractivity contribution >= 4 is 23.2 Å². The Balaban J connectivity index is 2.29. The van der Waals surface area contributed by atoms with Crippen molar-refractivity contribution in [3.05, 3.63) is 29.9 Å². The van der Waals surface area contributed by atoms with Crippen LogP contribution in [0.25, 0.3) is 0 Å². The lowest BCUT2D eigenvalue weighted by atomic mass is 10.4. The maximum absolute atomic E-state index is 11.3. The van der Waals surface area contributed by atoms with Crippen LogP contribution in [0.2, 0.25) is 5.02 Å². The van der Waals surface area contributed by atoms with Crippen LogP contribution in [0.1, 0.15) is 6.42 Å². The van der Waals surface area contributed by atoms with Gasteiger partial charge in [0, 0.05) is 12.7 Å². The molecule has 3 nitrogen and oxygen atoms in total. The third-order valence-electron chi connectivity index (χ3n) is 1.94. The van der Waals surface area contributed by atoms with Crippen molar-refractivity contribution in [2.75, 3.05) is 11.4 Å². The quantitative estimate of drug-likeness (QED) is 0.683. The average molecular weight is 196 g/mol. The zero-order valence-corrected chi connectivity index (χ0v) is 7.66. The van der Waals surface area contributed by atoms with E-state index in [1.807, 2.05) is 0 Å². The fourth-order valence-electron chi connectivity index (χ4n) is 1.34. The third kappa shape index (κ3) is 1.65. The maximum Gasteiger partial charge on any atom is 0.231 e. The van der Waals surface area contributed by atoms with Crippen molar-refractivity contribution in [1.29, 1.82) is 0 Å². The Labute approximate surface area is 81.3 Å². The van der Waals surface area contributed by atoms with Crippen LogP contribution in [0, 0.1) is 6.42 Å². The van der Waals surface area contributed by atoms with Gasteiger partial charge in [0.05, 0.1) is 23.3 Å². The third-order valence-corrected chi connectivity index (χ3v) is 2.15. The van der Waals surface area contributed by atoms with Gasteiger partial charge in [0.15, 0.2) is 0 Å². The second-order valence-corrected chi connectivity index (χ2v) is 3.28. The number of carbonyl (C=O) groups excluding carboxylic acids is 1. The average Bonchev–Trinajstić information content (AvgIpc) is 2.51. The fraction of sp³-hybridized carbons (Fsp3) is 0.222. The molecule has 2 rings (SSSR count). The molecule has 0 aromatic carbocycles. The van der Waals surface area contributed by atoms with Gasteiger partial charge >= 0.3 is 0 Å². The van der Waals surface area contributed by atoms with Crippen LogP contribution in [0.4, 0.5) is 5.69 Å². The summed E-state index contributed by atoms with van der Waals surface area (Å²) in [4.78, 5) is 16.9. The number of anilines is 1. The molecule has 1 fully saturated rings. The van der Waals surface area contributed by atoms with Crippen LogP contribution in [-0.2, 0) is 4.79 Å². The van der Waals surface area contributed by atoms with E-state index in [4.69, 9.17) is 11.6 Å². The van der Waals surface area contributed by atoms with Crippen LogP contribution in [-0.4, -0.2) is 17.4 Å². The summed E-state index contributed by atoms with van der Waals surface area (Å²) in [6, 6.07) is 1.74. The molecule has 1 aliphatic rings. The Morgan fingerprint density at radius 3 is 2.92 bits per heavy atom. The minimum Gasteiger partial charge on any atom is -0.311 e. The molecule has 4 heteroatoms. The van der Waals surface area contributed by atoms with E-state index < -0.39 is 0 Å². The molecule has 1 radical (unpaired) electrons. The number of aromatic nitrogens is 1. The Morgan fingerprint density at radius 2 is 2.31 bits per heavy atom. The predicted molar refractivity (Wildman–Crippen MR) is 50.5 cm³/mol. The van der Waals surface area contributed by atoms with Gasteiger partial charge in [-0.2, -0.15) is 0 Å². The molecule has 1 saturated heterocycles. The van der Waals surface area contributed by atoms with E-state index in [-0.39, 0.29) is 5.91 Å². The Morgan fingerprint density at radius 1 is 1.46 bits per heavy atom. The van der Waals surface area contributed by atoms with E-state index >= 15 is 0 Å². The molecule has 0 aliphatic carbocycles. The fourth-order valence-corrected chi connectivity index (χ4v) is 1.51. The Kier molecular flexibility index (Phi) is 2.19. The lowest BCUT2D eigenvalue weighted by Crippen LogP contribution is -2.23. The van der Waals surface area contributed by atoms with Crippen molar-refractivity contribution in [2.45, 2.75) is 6.42 Å². The molecule has 1 aromatic heterocycles. The number of hydrogen-bond acceptors (Lipinski definition) is 2. The van der Waals surface area contributed by atoms with E-state index in [2.05, 4.69) is 4.98 Å². The first-order chi connectivity index (χ1) is 6.27. The van der Waals surface area contributed by atoms with Gasteiger partial charge in [-0.3, -0.25) is 9.78 Å². The normalized spacial score (nSPS) is 16.7. The largest absolute Gasteiger partial charge is 0.311 e. The molecular weight excluding hydrogens is 188 g/mol. The van der Waals surface area contributed by atoms with Crippen LogP contribution in [0.3, 0.4) is 0 Å². The standard InChI is InChI=1S/C9H8ClN2O/c10-7-4-8(6-11-5-7)12-3-1-2-9(12)13/h2,4-6H,1,3H2. The summed E-state index contributed by atoms with van der Waals surface area (Å²) in [5.74, 6) is 0.0315. The molecule has 0 saturated carbocycles. The van der Waals surface area contributed by atoms with Crippen molar-refractivity contribution < 1.29 is 4.79 Å². The number of rotatable bonds is 1. The van der Waals surface area contributed by atoms with Gasteiger partial charge in [0.25, 0.3) is 0 Å². The van der Waals surface area contributed by atoms with E-state index in [0.717, 1.165) is 18.7 Å². The van der Waals surface area contributed by atoms with E-state index in [0.29, 0.717) is 5.02 Å². The molecular formula is C9H8ClN2O. The highest BCUT2D eigenvalue weighted by atomic mass is 35.5. The summed E-state index contributed by atoms with van der Waals surface area (Å²) in [7, 11) is 0. The lowest BCUT2D eigenvalue weighted by molar-refractivity contribution is -0.114. The molecule has 1 aromatic rings. The number of halogens is 1. The van der Waals surface area contributed by atoms with E-state index in [9.17, 15) is 4.79 Å². The summed E-state index contributed by atoms with van der Waals surface area (Å²) in [6.45, 7) is 0.723. The topological polar surface area (TPSA) is 33.2 Å². The second kappa shape index (κ2) is 3.34. The highest BCUT2D eigenvalue weighted by Gasteiger charge is 2.22. The van der Waals surface area contributed by atoms with Gasteiger partial charge in [-0.1, -0.05) is 11.6 Å². The summed E-state index contributed by atoms with van der Waals surface area (Å²) >= 11 is 5.76. The summed E-state index contributed by atoms with van der Waals surface area (Å²) < 4.78 is 0. The number of nitrogens with zero attached hydrogens (tertiary/aromatic N) is 2. The first-order valence-corrected chi connectivity index (χ1v) is 4.40. The Hall–Kier alpha value is -1.09. The Bertz CT molecular complexity index is 340. The molecule has 1 amide bonds. The van der Waals surface area contributed by atoms with Gasteiger partial charge in [0.2, 0.25) is 5.91 Å². The molecule has 0 atom stereocenters. The van der Waals surface area contributed by atoms with Crippen LogP contribution >= 0.6 is 11.6 Å². The number of carbonyl (C=O) groups is 1. The van der Waals surface area contributed by atoms with Crippen molar-refractivity contribution in [3.63, 3.8) is 0 Å². The first-order valence-electron chi connectivity index (χ1n) is 4.02. The van der Waals surface area contributed by atoms with Crippen molar-refractivity contribution in [1.82, 2.24) is 4.98 Å². The minimum atomic E-state index is 0.0315. The highest BCUT2D eigenvalue weighted by Crippen LogP contribution is 2.22. The summed E-state index contributed by atoms with van der Waals surface area (Å²) in [5, 5.41) is 0.553. The molecule has 0 spiro atoms. The zero-order chi connectivity index (χ0) is 9.26. The molecule has 67 valence electrons. The van der Waals surface area contributed by atoms with Crippen molar-refractivity contribution in [2.24, 2.45) is 0 Å². The van der Waals surface area contributed by atoms with Crippen LogP contribution < -0.4 is 4.90 Å². The molecule has 1 aliphatic heterocycles. The SMILES string of the molecule is O=C1[CH]CCN1c1cncc(Cl)c1. The minimum absolute atomic E-state index is 0.0315. The van der Waals surface area contributed by atoms with Gasteiger partial charge in [0.1, 0.15) is 0 Å². The van der Waals surface area contributed by atoms with E-state index in [1.54, 1.807) is 29.8 Å². The zero-order valence-electron chi connectivity index (χ0n) is 6.90. The van der Waals surface area contributed by atoms with Gasteiger partial charge in [-0.15, -0.1) is 0 Å². The van der Waals surface area contributed by atoms with Crippen molar-refractivity contribution in [3.8, 4) is 0 Å². The van der Waals surface area contributed by atoms with Crippen LogP contribution in [0.15, 0.2) is 18.5 Å². The first kappa shape index (κ1) is 8.51. The maximum atomic E-state index is 11.3. The number of amides is 1. The number of hydrogen-bond donors (Lipinski definition) is 0. The smallest absolute Gasteiger partial charge is 0.231 e.